The lowest BCUT2D eigenvalue weighted by Gasteiger charge is -2.39. The number of aromatic nitrogens is 3. The molecule has 2 aliphatic heterocycles. The third-order valence-electron chi connectivity index (χ3n) is 4.69. The Hall–Kier alpha value is -2.57. The second-order valence-electron chi connectivity index (χ2n) is 6.20. The molecule has 9 heteroatoms. The number of benzene rings is 1. The smallest absolute Gasteiger partial charge is 0.276 e. The molecule has 2 bridgehead atoms. The largest absolute Gasteiger partial charge is 0.334 e. The van der Waals surface area contributed by atoms with E-state index in [9.17, 15) is 9.00 Å². The number of H-pyrrole nitrogens is 1. The van der Waals surface area contributed by atoms with Crippen LogP contribution in [-0.4, -0.2) is 59.9 Å². The third-order valence-corrected chi connectivity index (χ3v) is 6.33. The number of likely N-dealkylation sites (tertiary alicyclic amines) is 1. The van der Waals surface area contributed by atoms with Crippen molar-refractivity contribution in [3.63, 3.8) is 0 Å². The zero-order valence-electron chi connectivity index (χ0n) is 13.3. The summed E-state index contributed by atoms with van der Waals surface area (Å²) in [5.74, 6) is -0.150. The lowest BCUT2D eigenvalue weighted by Crippen LogP contribution is -2.55. The van der Waals surface area contributed by atoms with Crippen molar-refractivity contribution >= 4 is 16.9 Å². The number of amides is 1. The summed E-state index contributed by atoms with van der Waals surface area (Å²) in [6.45, 7) is 1.04. The highest BCUT2D eigenvalue weighted by molar-refractivity contribution is 7.82. The van der Waals surface area contributed by atoms with Crippen molar-refractivity contribution in [3.05, 3.63) is 41.7 Å². The van der Waals surface area contributed by atoms with Gasteiger partial charge in [0.25, 0.3) is 5.91 Å². The van der Waals surface area contributed by atoms with E-state index in [1.54, 1.807) is 29.2 Å². The molecule has 3 atom stereocenters. The first-order valence-electron chi connectivity index (χ1n) is 8.03. The number of carbonyl (C=O) groups is 1. The van der Waals surface area contributed by atoms with Crippen LogP contribution in [-0.2, 0) is 11.0 Å². The number of aromatic amines is 1. The van der Waals surface area contributed by atoms with Crippen LogP contribution in [0.3, 0.4) is 0 Å². The maximum absolute atomic E-state index is 13.0. The van der Waals surface area contributed by atoms with Gasteiger partial charge in [0.05, 0.1) is 22.7 Å². The molecule has 1 N–H and O–H groups in total. The molecule has 2 fully saturated rings. The minimum atomic E-state index is -1.33. The highest BCUT2D eigenvalue weighted by Gasteiger charge is 2.44. The fourth-order valence-corrected chi connectivity index (χ4v) is 5.12. The summed E-state index contributed by atoms with van der Waals surface area (Å²) >= 11 is 0. The number of fused-ring (bicyclic) bond motifs is 2. The average Bonchev–Trinajstić information content (AvgIpc) is 3.27. The Balaban J connectivity index is 1.53. The van der Waals surface area contributed by atoms with Crippen LogP contribution in [0.15, 0.2) is 35.4 Å². The van der Waals surface area contributed by atoms with Gasteiger partial charge in [0, 0.05) is 25.2 Å². The van der Waals surface area contributed by atoms with E-state index in [0.717, 1.165) is 12.8 Å². The van der Waals surface area contributed by atoms with Crippen LogP contribution in [0, 0.1) is 11.3 Å². The standard InChI is InChI=1S/C16H16N6O2S/c17-7-11-2-1-3-14(6-11)25(24)22-12-4-5-13(22)10-21(9-12)16(23)15-8-18-20-19-15/h1-3,6,8,12-13H,4-5,9-10H2,(H,18,19,20). The zero-order chi connectivity index (χ0) is 17.4. The molecule has 128 valence electrons. The van der Waals surface area contributed by atoms with Crippen molar-refractivity contribution in [1.82, 2.24) is 24.6 Å². The first-order chi connectivity index (χ1) is 12.2. The summed E-state index contributed by atoms with van der Waals surface area (Å²) in [7, 11) is -1.33. The third kappa shape index (κ3) is 2.83. The fraction of sp³-hybridized carbons (Fsp3) is 0.375. The molecule has 4 rings (SSSR count). The van der Waals surface area contributed by atoms with Gasteiger partial charge in [0.15, 0.2) is 5.69 Å². The van der Waals surface area contributed by atoms with Gasteiger partial charge in [-0.3, -0.25) is 4.79 Å². The molecule has 2 aromatic rings. The van der Waals surface area contributed by atoms with Crippen LogP contribution in [0.4, 0.5) is 0 Å². The van der Waals surface area contributed by atoms with Crippen molar-refractivity contribution in [2.45, 2.75) is 29.8 Å². The Morgan fingerprint density at radius 2 is 2.08 bits per heavy atom. The first-order valence-corrected chi connectivity index (χ1v) is 9.13. The summed E-state index contributed by atoms with van der Waals surface area (Å²) in [4.78, 5) is 14.9. The molecular weight excluding hydrogens is 340 g/mol. The Kier molecular flexibility index (Phi) is 4.07. The molecule has 3 heterocycles. The van der Waals surface area contributed by atoms with Crippen LogP contribution in [0.1, 0.15) is 28.9 Å². The summed E-state index contributed by atoms with van der Waals surface area (Å²) in [6, 6.07) is 9.06. The van der Waals surface area contributed by atoms with Crippen molar-refractivity contribution in [2.24, 2.45) is 0 Å². The number of hydrogen-bond acceptors (Lipinski definition) is 5. The summed E-state index contributed by atoms with van der Waals surface area (Å²) in [5, 5.41) is 19.0. The van der Waals surface area contributed by atoms with Crippen molar-refractivity contribution in [2.75, 3.05) is 13.1 Å². The number of hydrogen-bond donors (Lipinski definition) is 1. The van der Waals surface area contributed by atoms with E-state index in [1.165, 1.54) is 6.20 Å². The Labute approximate surface area is 147 Å². The van der Waals surface area contributed by atoms with Gasteiger partial charge >= 0.3 is 0 Å². The van der Waals surface area contributed by atoms with Gasteiger partial charge < -0.3 is 4.90 Å². The molecule has 2 saturated heterocycles. The van der Waals surface area contributed by atoms with E-state index < -0.39 is 11.0 Å². The van der Waals surface area contributed by atoms with E-state index in [-0.39, 0.29) is 18.0 Å². The molecule has 2 aliphatic rings. The van der Waals surface area contributed by atoms with Gasteiger partial charge in [0.2, 0.25) is 0 Å². The predicted molar refractivity (Wildman–Crippen MR) is 88.5 cm³/mol. The molecule has 1 aromatic heterocycles. The maximum atomic E-state index is 13.0. The predicted octanol–water partition coefficient (Wildman–Crippen LogP) is 0.688. The van der Waals surface area contributed by atoms with Gasteiger partial charge in [-0.25, -0.2) is 8.51 Å². The van der Waals surface area contributed by atoms with Crippen molar-refractivity contribution in [1.29, 1.82) is 5.26 Å². The molecule has 25 heavy (non-hydrogen) atoms. The van der Waals surface area contributed by atoms with E-state index in [0.29, 0.717) is 29.2 Å². The first kappa shape index (κ1) is 15.9. The second-order valence-corrected chi connectivity index (χ2v) is 7.59. The topological polar surface area (TPSA) is 106 Å². The number of nitrogens with one attached hydrogen (secondary N) is 1. The molecular formula is C16H16N6O2S. The highest BCUT2D eigenvalue weighted by Crippen LogP contribution is 2.34. The van der Waals surface area contributed by atoms with E-state index in [1.807, 2.05) is 4.31 Å². The lowest BCUT2D eigenvalue weighted by atomic mass is 10.2. The summed E-state index contributed by atoms with van der Waals surface area (Å²) in [5.41, 5.74) is 0.800. The Morgan fingerprint density at radius 3 is 2.72 bits per heavy atom. The van der Waals surface area contributed by atoms with Gasteiger partial charge in [-0.2, -0.15) is 20.7 Å². The minimum absolute atomic E-state index is 0.0428. The molecule has 8 nitrogen and oxygen atoms in total. The van der Waals surface area contributed by atoms with E-state index in [4.69, 9.17) is 5.26 Å². The van der Waals surface area contributed by atoms with Crippen molar-refractivity contribution < 1.29 is 9.00 Å². The van der Waals surface area contributed by atoms with Crippen LogP contribution in [0.2, 0.25) is 0 Å². The molecule has 0 aliphatic carbocycles. The minimum Gasteiger partial charge on any atom is -0.334 e. The number of piperazine rings is 1. The van der Waals surface area contributed by atoms with Gasteiger partial charge in [0.1, 0.15) is 11.0 Å². The van der Waals surface area contributed by atoms with E-state index >= 15 is 0 Å². The van der Waals surface area contributed by atoms with Crippen LogP contribution in [0.5, 0.6) is 0 Å². The molecule has 0 radical (unpaired) electrons. The van der Waals surface area contributed by atoms with Gasteiger partial charge in [-0.05, 0) is 31.0 Å². The van der Waals surface area contributed by atoms with E-state index in [2.05, 4.69) is 21.5 Å². The molecule has 1 amide bonds. The van der Waals surface area contributed by atoms with Crippen LogP contribution < -0.4 is 0 Å². The molecule has 0 saturated carbocycles. The molecule has 3 unspecified atom stereocenters. The lowest BCUT2D eigenvalue weighted by molar-refractivity contribution is 0.0616. The number of rotatable bonds is 3. The van der Waals surface area contributed by atoms with Crippen LogP contribution in [0.25, 0.3) is 0 Å². The highest BCUT2D eigenvalue weighted by atomic mass is 32.2. The van der Waals surface area contributed by atoms with Gasteiger partial charge in [-0.15, -0.1) is 0 Å². The Morgan fingerprint density at radius 1 is 1.32 bits per heavy atom. The number of nitrogens with zero attached hydrogens (tertiary/aromatic N) is 5. The maximum Gasteiger partial charge on any atom is 0.276 e. The average molecular weight is 356 g/mol. The SMILES string of the molecule is N#Cc1cccc(S(=O)N2C3CCC2CN(C(=O)c2cn[nH]n2)C3)c1. The number of nitriles is 1. The van der Waals surface area contributed by atoms with Crippen molar-refractivity contribution in [3.8, 4) is 6.07 Å². The summed E-state index contributed by atoms with van der Waals surface area (Å²) < 4.78 is 15.0. The monoisotopic (exact) mass is 356 g/mol. The molecule has 1 aromatic carbocycles. The zero-order valence-corrected chi connectivity index (χ0v) is 14.1. The summed E-state index contributed by atoms with van der Waals surface area (Å²) in [6.07, 6.45) is 3.22. The second kappa shape index (κ2) is 6.38. The quantitative estimate of drug-likeness (QED) is 0.871. The normalized spacial score (nSPS) is 24.0. The van der Waals surface area contributed by atoms with Gasteiger partial charge in [-0.1, -0.05) is 6.07 Å². The number of carbonyl (C=O) groups excluding carboxylic acids is 1. The fourth-order valence-electron chi connectivity index (χ4n) is 3.56. The molecule has 0 spiro atoms. The Bertz CT molecular complexity index is 848. The van der Waals surface area contributed by atoms with Crippen LogP contribution >= 0.6 is 0 Å².